The van der Waals surface area contributed by atoms with E-state index in [0.29, 0.717) is 11.6 Å². The predicted molar refractivity (Wildman–Crippen MR) is 101 cm³/mol. The summed E-state index contributed by atoms with van der Waals surface area (Å²) in [6, 6.07) is 13.9. The van der Waals surface area contributed by atoms with Crippen LogP contribution in [0.1, 0.15) is 37.3 Å². The van der Waals surface area contributed by atoms with Crippen LogP contribution in [0.4, 0.5) is 11.4 Å². The smallest absolute Gasteiger partial charge is 0.293 e. The van der Waals surface area contributed by atoms with Gasteiger partial charge in [-0.15, -0.1) is 0 Å². The first-order valence-corrected chi connectivity index (χ1v) is 10.6. The lowest BCUT2D eigenvalue weighted by Crippen LogP contribution is -2.19. The third-order valence-electron chi connectivity index (χ3n) is 4.93. The molecule has 0 spiro atoms. The maximum absolute atomic E-state index is 11.7. The Bertz CT molecular complexity index is 891. The van der Waals surface area contributed by atoms with Gasteiger partial charge in [0.2, 0.25) is 0 Å². The van der Waals surface area contributed by atoms with Gasteiger partial charge >= 0.3 is 0 Å². The minimum atomic E-state index is -3.50. The van der Waals surface area contributed by atoms with Gasteiger partial charge in [-0.2, -0.15) is 0 Å². The van der Waals surface area contributed by atoms with Crippen LogP contribution in [0.5, 0.6) is 0 Å². The molecule has 0 bridgehead atoms. The number of nitrogens with one attached hydrogen (secondary N) is 1. The van der Waals surface area contributed by atoms with Crippen molar-refractivity contribution in [3.63, 3.8) is 0 Å². The first kappa shape index (κ1) is 18.4. The van der Waals surface area contributed by atoms with Crippen molar-refractivity contribution in [3.05, 3.63) is 64.2 Å². The van der Waals surface area contributed by atoms with Crippen LogP contribution in [0.2, 0.25) is 0 Å². The van der Waals surface area contributed by atoms with Crippen LogP contribution in [-0.4, -0.2) is 19.6 Å². The van der Waals surface area contributed by atoms with Gasteiger partial charge < -0.3 is 5.32 Å². The van der Waals surface area contributed by atoms with Crippen LogP contribution in [0.15, 0.2) is 53.4 Å². The molecule has 26 heavy (non-hydrogen) atoms. The van der Waals surface area contributed by atoms with Gasteiger partial charge in [0.15, 0.2) is 9.84 Å². The number of nitro groups is 1. The molecule has 1 aliphatic carbocycles. The molecule has 0 aliphatic heterocycles. The molecule has 1 saturated carbocycles. The van der Waals surface area contributed by atoms with E-state index in [-0.39, 0.29) is 16.6 Å². The molecular formula is C19H22N2O4S. The molecule has 0 heterocycles. The third-order valence-corrected chi connectivity index (χ3v) is 6.05. The van der Waals surface area contributed by atoms with E-state index < -0.39 is 14.8 Å². The van der Waals surface area contributed by atoms with Gasteiger partial charge in [0.25, 0.3) is 5.69 Å². The first-order valence-electron chi connectivity index (χ1n) is 8.66. The topological polar surface area (TPSA) is 89.3 Å². The van der Waals surface area contributed by atoms with Gasteiger partial charge in [0, 0.05) is 12.3 Å². The van der Waals surface area contributed by atoms with Gasteiger partial charge in [-0.3, -0.25) is 10.1 Å². The number of rotatable bonds is 6. The highest BCUT2D eigenvalue weighted by atomic mass is 32.2. The van der Waals surface area contributed by atoms with E-state index in [1.165, 1.54) is 12.1 Å². The quantitative estimate of drug-likeness (QED) is 0.600. The van der Waals surface area contributed by atoms with E-state index in [4.69, 9.17) is 0 Å². The number of hydrogen-bond acceptors (Lipinski definition) is 5. The van der Waals surface area contributed by atoms with E-state index in [2.05, 4.69) is 5.32 Å². The van der Waals surface area contributed by atoms with Gasteiger partial charge in [-0.1, -0.05) is 43.2 Å². The Kier molecular flexibility index (Phi) is 5.27. The Hall–Kier alpha value is -2.41. The Morgan fingerprint density at radius 2 is 1.77 bits per heavy atom. The Balaban J connectivity index is 1.99. The fraction of sp³-hybridized carbons (Fsp3) is 0.368. The van der Waals surface area contributed by atoms with Gasteiger partial charge in [0.1, 0.15) is 5.69 Å². The maximum atomic E-state index is 11.7. The summed E-state index contributed by atoms with van der Waals surface area (Å²) in [5.41, 5.74) is 1.22. The second kappa shape index (κ2) is 7.45. The van der Waals surface area contributed by atoms with Gasteiger partial charge in [-0.05, 0) is 36.5 Å². The Morgan fingerprint density at radius 1 is 1.12 bits per heavy atom. The summed E-state index contributed by atoms with van der Waals surface area (Å²) in [6.45, 7) is 0. The van der Waals surface area contributed by atoms with Crippen LogP contribution in [-0.2, 0) is 9.84 Å². The molecule has 1 aliphatic rings. The molecule has 1 fully saturated rings. The Morgan fingerprint density at radius 3 is 2.35 bits per heavy atom. The molecule has 6 nitrogen and oxygen atoms in total. The molecule has 138 valence electrons. The molecule has 2 aromatic carbocycles. The average molecular weight is 374 g/mol. The van der Waals surface area contributed by atoms with Crippen molar-refractivity contribution in [2.45, 2.75) is 36.6 Å². The van der Waals surface area contributed by atoms with Gasteiger partial charge in [-0.25, -0.2) is 8.42 Å². The monoisotopic (exact) mass is 374 g/mol. The van der Waals surface area contributed by atoms with E-state index >= 15 is 0 Å². The van der Waals surface area contributed by atoms with Crippen LogP contribution in [0.3, 0.4) is 0 Å². The molecule has 1 N–H and O–H groups in total. The summed E-state index contributed by atoms with van der Waals surface area (Å²) in [4.78, 5) is 10.9. The van der Waals surface area contributed by atoms with Crippen molar-refractivity contribution in [1.29, 1.82) is 0 Å². The fourth-order valence-corrected chi connectivity index (χ4v) is 4.25. The van der Waals surface area contributed by atoms with Crippen LogP contribution in [0, 0.1) is 16.0 Å². The standard InChI is InChI=1S/C19H22N2O4S/c1-26(24,25)16-11-12-17(18(13-16)21(22)23)20-19(15-9-5-6-10-15)14-7-3-2-4-8-14/h2-4,7-8,11-13,15,19-20H,5-6,9-10H2,1H3. The van der Waals surface area contributed by atoms with E-state index in [1.54, 1.807) is 0 Å². The number of nitro benzene ring substituents is 1. The van der Waals surface area contributed by atoms with Crippen molar-refractivity contribution in [3.8, 4) is 0 Å². The lowest BCUT2D eigenvalue weighted by Gasteiger charge is -2.26. The van der Waals surface area contributed by atoms with Crippen LogP contribution in [0.25, 0.3) is 0 Å². The number of sulfone groups is 1. The number of anilines is 1. The molecule has 3 rings (SSSR count). The molecule has 7 heteroatoms. The minimum absolute atomic E-state index is 0.0403. The molecule has 0 amide bonds. The van der Waals surface area contributed by atoms with E-state index in [1.807, 2.05) is 30.3 Å². The molecule has 2 aromatic rings. The minimum Gasteiger partial charge on any atom is -0.372 e. The van der Waals surface area contributed by atoms with E-state index in [0.717, 1.165) is 43.6 Å². The molecule has 0 radical (unpaired) electrons. The second-order valence-electron chi connectivity index (χ2n) is 6.79. The summed E-state index contributed by atoms with van der Waals surface area (Å²) in [5, 5.41) is 14.8. The van der Waals surface area contributed by atoms with Crippen molar-refractivity contribution >= 4 is 21.2 Å². The van der Waals surface area contributed by atoms with Crippen molar-refractivity contribution in [2.24, 2.45) is 5.92 Å². The molecule has 1 unspecified atom stereocenters. The van der Waals surface area contributed by atoms with E-state index in [9.17, 15) is 18.5 Å². The summed E-state index contributed by atoms with van der Waals surface area (Å²) >= 11 is 0. The number of nitrogens with zero attached hydrogens (tertiary/aromatic N) is 1. The average Bonchev–Trinajstić information content (AvgIpc) is 3.13. The van der Waals surface area contributed by atoms with Crippen molar-refractivity contribution < 1.29 is 13.3 Å². The molecule has 1 atom stereocenters. The largest absolute Gasteiger partial charge is 0.372 e. The summed E-state index contributed by atoms with van der Waals surface area (Å²) in [7, 11) is -3.50. The summed E-state index contributed by atoms with van der Waals surface area (Å²) in [6.07, 6.45) is 5.50. The zero-order valence-corrected chi connectivity index (χ0v) is 15.4. The highest BCUT2D eigenvalue weighted by Gasteiger charge is 2.28. The highest BCUT2D eigenvalue weighted by Crippen LogP contribution is 2.39. The number of hydrogen-bond donors (Lipinski definition) is 1. The number of benzene rings is 2. The maximum Gasteiger partial charge on any atom is 0.293 e. The van der Waals surface area contributed by atoms with Crippen LogP contribution >= 0.6 is 0 Å². The van der Waals surface area contributed by atoms with Crippen LogP contribution < -0.4 is 5.32 Å². The fourth-order valence-electron chi connectivity index (χ4n) is 3.61. The lowest BCUT2D eigenvalue weighted by atomic mass is 9.91. The summed E-state index contributed by atoms with van der Waals surface area (Å²) < 4.78 is 23.5. The predicted octanol–water partition coefficient (Wildman–Crippen LogP) is 4.34. The second-order valence-corrected chi connectivity index (χ2v) is 8.80. The zero-order valence-electron chi connectivity index (χ0n) is 14.6. The SMILES string of the molecule is CS(=O)(=O)c1ccc(NC(c2ccccc2)C2CCCC2)c([N+](=O)[O-])c1. The van der Waals surface area contributed by atoms with Gasteiger partial charge in [0.05, 0.1) is 15.9 Å². The molecule has 0 aromatic heterocycles. The first-order chi connectivity index (χ1) is 12.4. The molecular weight excluding hydrogens is 352 g/mol. The summed E-state index contributed by atoms with van der Waals surface area (Å²) in [5.74, 6) is 0.395. The normalized spacial score (nSPS) is 16.3. The Labute approximate surface area is 153 Å². The lowest BCUT2D eigenvalue weighted by molar-refractivity contribution is -0.384. The van der Waals surface area contributed by atoms with Crippen molar-refractivity contribution in [1.82, 2.24) is 0 Å². The van der Waals surface area contributed by atoms with Crippen molar-refractivity contribution in [2.75, 3.05) is 11.6 Å². The third kappa shape index (κ3) is 4.04. The highest BCUT2D eigenvalue weighted by molar-refractivity contribution is 7.90. The molecule has 0 saturated heterocycles. The zero-order chi connectivity index (χ0) is 18.7.